The topological polar surface area (TPSA) is 141 Å². The molecule has 6 aromatic heterocycles. The van der Waals surface area contributed by atoms with E-state index in [1.54, 1.807) is 0 Å². The second-order valence-corrected chi connectivity index (χ2v) is 23.3. The van der Waals surface area contributed by atoms with Crippen LogP contribution in [0, 0.1) is 59.2 Å². The fraction of sp³-hybridized carbons (Fsp3) is 0.0244. The fourth-order valence-electron chi connectivity index (χ4n) is 14.4. The molecule has 6 heterocycles. The summed E-state index contributed by atoms with van der Waals surface area (Å²) in [6.07, 6.45) is 0. The number of pyridine rings is 2. The van der Waals surface area contributed by atoms with Crippen molar-refractivity contribution in [1.82, 2.24) is 28.2 Å². The number of fused-ring (bicyclic) bond motifs is 12. The van der Waals surface area contributed by atoms with Gasteiger partial charge in [0.25, 0.3) is 0 Å². The first-order chi connectivity index (χ1) is 45.3. The van der Waals surface area contributed by atoms with Gasteiger partial charge in [-0.2, -0.15) is 21.0 Å². The molecule has 0 unspecified atom stereocenters. The minimum atomic E-state index is 0.519. The van der Waals surface area contributed by atoms with Crippen molar-refractivity contribution < 1.29 is 0 Å². The maximum absolute atomic E-state index is 10.8. The molecule has 0 atom stereocenters. The quantitative estimate of drug-likeness (QED) is 0.148. The van der Waals surface area contributed by atoms with Crippen molar-refractivity contribution >= 4 is 87.2 Å². The van der Waals surface area contributed by atoms with Crippen molar-refractivity contribution in [2.24, 2.45) is 0 Å². The van der Waals surface area contributed by atoms with E-state index in [1.807, 2.05) is 79.7 Å². The molecule has 0 saturated heterocycles. The van der Waals surface area contributed by atoms with E-state index in [4.69, 9.17) is 9.97 Å². The summed E-state index contributed by atoms with van der Waals surface area (Å²) in [6, 6.07) is 97.0. The fourth-order valence-corrected chi connectivity index (χ4v) is 14.4. The molecule has 426 valence electrons. The highest BCUT2D eigenvalue weighted by Gasteiger charge is 2.37. The lowest BCUT2D eigenvalue weighted by atomic mass is 9.85. The average molecular weight is 1170 g/mol. The predicted molar refractivity (Wildman–Crippen MR) is 369 cm³/mol. The molecule has 0 aliphatic heterocycles. The lowest BCUT2D eigenvalue weighted by Crippen LogP contribution is -2.17. The van der Waals surface area contributed by atoms with Crippen LogP contribution >= 0.6 is 0 Å². The standard InChI is InChI=1S/C82H48N10/c1-49-29-34-57(50(2)87-49)76-77(62-35-36-67(55-17-5-3-6-18-55)88-78(62)56-19-7-4-8-20-56)80(90-69-26-14-10-22-59(69)64-42-52(46-84)31-38-73(64)90)82(92-71-28-16-12-24-61(71)66-44-54(48-86)33-40-75(66)92)81(91-70-27-15-11-23-60(70)65-43-53(47-85)32-39-74(65)91)79(76)89-68-25-13-9-21-58(68)63-41-51(45-83)30-37-72(63)89/h3-44H,1-2H3. The van der Waals surface area contributed by atoms with Crippen molar-refractivity contribution in [3.05, 3.63) is 288 Å². The Hall–Kier alpha value is -13.1. The van der Waals surface area contributed by atoms with Crippen LogP contribution in [0.15, 0.2) is 255 Å². The minimum Gasteiger partial charge on any atom is -0.306 e. The Morgan fingerprint density at radius 3 is 0.989 bits per heavy atom. The number of nitrogens with zero attached hydrogens (tertiary/aromatic N) is 10. The summed E-state index contributed by atoms with van der Waals surface area (Å²) in [5.74, 6) is 0. The molecule has 17 rings (SSSR count). The van der Waals surface area contributed by atoms with Gasteiger partial charge in [0.1, 0.15) is 0 Å². The second-order valence-electron chi connectivity index (χ2n) is 23.3. The van der Waals surface area contributed by atoms with Gasteiger partial charge in [-0.3, -0.25) is 4.98 Å². The molecule has 0 amide bonds. The monoisotopic (exact) mass is 1170 g/mol. The van der Waals surface area contributed by atoms with E-state index in [0.717, 1.165) is 166 Å². The number of nitriles is 4. The van der Waals surface area contributed by atoms with E-state index in [0.29, 0.717) is 22.3 Å². The molecule has 0 spiro atoms. The highest BCUT2D eigenvalue weighted by Crippen LogP contribution is 2.56. The van der Waals surface area contributed by atoms with Crippen molar-refractivity contribution in [3.8, 4) is 91.8 Å². The first-order valence-electron chi connectivity index (χ1n) is 30.4. The highest BCUT2D eigenvalue weighted by atomic mass is 15.1. The summed E-state index contributed by atoms with van der Waals surface area (Å²) in [7, 11) is 0. The predicted octanol–water partition coefficient (Wildman–Crippen LogP) is 19.6. The maximum Gasteiger partial charge on any atom is 0.0991 e. The van der Waals surface area contributed by atoms with Gasteiger partial charge in [0.15, 0.2) is 0 Å². The molecule has 92 heavy (non-hydrogen) atoms. The van der Waals surface area contributed by atoms with Crippen LogP contribution in [-0.2, 0) is 0 Å². The summed E-state index contributed by atoms with van der Waals surface area (Å²) in [5, 5.41) is 50.3. The van der Waals surface area contributed by atoms with E-state index >= 15 is 0 Å². The Kier molecular flexibility index (Phi) is 12.0. The third kappa shape index (κ3) is 7.89. The zero-order valence-electron chi connectivity index (χ0n) is 49.7. The van der Waals surface area contributed by atoms with Gasteiger partial charge in [-0.25, -0.2) is 4.98 Å². The Morgan fingerprint density at radius 1 is 0.283 bits per heavy atom. The van der Waals surface area contributed by atoms with E-state index in [9.17, 15) is 21.0 Å². The van der Waals surface area contributed by atoms with Gasteiger partial charge in [-0.1, -0.05) is 140 Å². The van der Waals surface area contributed by atoms with Gasteiger partial charge >= 0.3 is 0 Å². The van der Waals surface area contributed by atoms with Crippen molar-refractivity contribution in [3.63, 3.8) is 0 Å². The smallest absolute Gasteiger partial charge is 0.0991 e. The normalized spacial score (nSPS) is 11.5. The molecule has 0 saturated carbocycles. The van der Waals surface area contributed by atoms with Crippen LogP contribution < -0.4 is 0 Å². The Balaban J connectivity index is 1.27. The molecule has 0 aliphatic rings. The molecular weight excluding hydrogens is 1120 g/mol. The lowest BCUT2D eigenvalue weighted by Gasteiger charge is -2.32. The molecular formula is C82H48N10. The van der Waals surface area contributed by atoms with E-state index < -0.39 is 0 Å². The lowest BCUT2D eigenvalue weighted by molar-refractivity contribution is 1.02. The van der Waals surface area contributed by atoms with E-state index in [-0.39, 0.29) is 0 Å². The Labute approximate surface area is 527 Å². The zero-order chi connectivity index (χ0) is 61.9. The SMILES string of the molecule is Cc1ccc(-c2c(-c3ccc(-c4ccccc4)nc3-c3ccccc3)c(-n3c4ccccc4c4cc(C#N)ccc43)c(-n3c4ccccc4c4cc(C#N)ccc43)c(-n3c4ccccc4c4cc(C#N)ccc43)c2-n2c3ccccc3c3cc(C#N)ccc32)c(C)n1. The van der Waals surface area contributed by atoms with Crippen LogP contribution in [0.1, 0.15) is 33.6 Å². The van der Waals surface area contributed by atoms with E-state index in [1.165, 1.54) is 0 Å². The number of aromatic nitrogens is 6. The summed E-state index contributed by atoms with van der Waals surface area (Å²) in [4.78, 5) is 11.3. The highest BCUT2D eigenvalue weighted by molar-refractivity contribution is 6.19. The van der Waals surface area contributed by atoms with Crippen LogP contribution in [0.2, 0.25) is 0 Å². The van der Waals surface area contributed by atoms with Crippen LogP contribution in [0.4, 0.5) is 0 Å². The summed E-state index contributed by atoms with van der Waals surface area (Å²) in [5.41, 5.74) is 20.4. The average Bonchev–Trinajstić information content (AvgIpc) is 1.24. The zero-order valence-corrected chi connectivity index (χ0v) is 49.7. The number of para-hydroxylation sites is 4. The van der Waals surface area contributed by atoms with Crippen molar-refractivity contribution in [2.45, 2.75) is 13.8 Å². The molecule has 10 nitrogen and oxygen atoms in total. The molecule has 11 aromatic carbocycles. The third-order valence-corrected chi connectivity index (χ3v) is 18.3. The van der Waals surface area contributed by atoms with Gasteiger partial charge in [-0.15, -0.1) is 0 Å². The van der Waals surface area contributed by atoms with Crippen LogP contribution in [-0.4, -0.2) is 28.2 Å². The van der Waals surface area contributed by atoms with Crippen LogP contribution in [0.3, 0.4) is 0 Å². The van der Waals surface area contributed by atoms with Gasteiger partial charge in [0.2, 0.25) is 0 Å². The molecule has 0 fully saturated rings. The molecule has 0 radical (unpaired) electrons. The molecule has 10 heteroatoms. The molecule has 0 bridgehead atoms. The molecule has 17 aromatic rings. The Morgan fingerprint density at radius 2 is 0.609 bits per heavy atom. The molecule has 0 aliphatic carbocycles. The third-order valence-electron chi connectivity index (χ3n) is 18.3. The number of rotatable bonds is 8. The number of benzene rings is 11. The number of hydrogen-bond acceptors (Lipinski definition) is 6. The second kappa shape index (κ2) is 20.8. The number of aryl methyl sites for hydroxylation is 2. The van der Waals surface area contributed by atoms with Gasteiger partial charge < -0.3 is 18.3 Å². The van der Waals surface area contributed by atoms with Gasteiger partial charge in [-0.05, 0) is 129 Å². The summed E-state index contributed by atoms with van der Waals surface area (Å²) >= 11 is 0. The molecule has 0 N–H and O–H groups in total. The van der Waals surface area contributed by atoms with Gasteiger partial charge in [0, 0.05) is 87.9 Å². The van der Waals surface area contributed by atoms with Crippen LogP contribution in [0.5, 0.6) is 0 Å². The summed E-state index contributed by atoms with van der Waals surface area (Å²) < 4.78 is 9.60. The minimum absolute atomic E-state index is 0.519. The van der Waals surface area contributed by atoms with Crippen molar-refractivity contribution in [1.29, 1.82) is 21.0 Å². The van der Waals surface area contributed by atoms with Crippen molar-refractivity contribution in [2.75, 3.05) is 0 Å². The maximum atomic E-state index is 10.8. The first-order valence-corrected chi connectivity index (χ1v) is 30.4. The van der Waals surface area contributed by atoms with Crippen LogP contribution in [0.25, 0.3) is 155 Å². The first kappa shape index (κ1) is 53.1. The Bertz CT molecular complexity index is 6210. The van der Waals surface area contributed by atoms with Gasteiger partial charge in [0.05, 0.1) is 125 Å². The number of hydrogen-bond donors (Lipinski definition) is 0. The largest absolute Gasteiger partial charge is 0.306 e. The summed E-state index contributed by atoms with van der Waals surface area (Å²) in [6.45, 7) is 4.12. The van der Waals surface area contributed by atoms with E-state index in [2.05, 4.69) is 231 Å².